The van der Waals surface area contributed by atoms with Crippen LogP contribution in [-0.4, -0.2) is 19.7 Å². The molecule has 0 aromatic heterocycles. The highest BCUT2D eigenvalue weighted by molar-refractivity contribution is 5.90. The van der Waals surface area contributed by atoms with Crippen molar-refractivity contribution in [3.05, 3.63) is 63.7 Å². The van der Waals surface area contributed by atoms with E-state index in [0.717, 1.165) is 11.3 Å². The Hall–Kier alpha value is -2.29. The van der Waals surface area contributed by atoms with Gasteiger partial charge in [0.05, 0.1) is 18.1 Å². The standard InChI is InChI=1S/C26H32O3/c1-16-18(10-11-20-22(16)25(4,5)13-12-24(20,2)3)26(6)15-29-21-14-17(23(27)28-7)8-9-19(21)26/h8-11,14H,12-13,15H2,1-7H3. The van der Waals surface area contributed by atoms with Crippen molar-refractivity contribution in [1.82, 2.24) is 0 Å². The molecule has 0 amide bonds. The Balaban J connectivity index is 1.87. The number of hydrogen-bond acceptors (Lipinski definition) is 3. The predicted molar refractivity (Wildman–Crippen MR) is 116 cm³/mol. The third-order valence-corrected chi connectivity index (χ3v) is 7.35. The van der Waals surface area contributed by atoms with Gasteiger partial charge in [0.25, 0.3) is 0 Å². The minimum absolute atomic E-state index is 0.165. The van der Waals surface area contributed by atoms with Crippen LogP contribution in [0.1, 0.15) is 85.6 Å². The number of carbonyl (C=O) groups excluding carboxylic acids is 1. The van der Waals surface area contributed by atoms with Crippen molar-refractivity contribution in [2.24, 2.45) is 0 Å². The molecular weight excluding hydrogens is 360 g/mol. The molecule has 0 saturated heterocycles. The fourth-order valence-electron chi connectivity index (χ4n) is 5.50. The van der Waals surface area contributed by atoms with Crippen LogP contribution in [0.15, 0.2) is 30.3 Å². The first-order valence-electron chi connectivity index (χ1n) is 10.5. The lowest BCUT2D eigenvalue weighted by Gasteiger charge is -2.44. The fraction of sp³-hybridized carbons (Fsp3) is 0.500. The lowest BCUT2D eigenvalue weighted by atomic mass is 9.60. The zero-order valence-corrected chi connectivity index (χ0v) is 18.7. The Morgan fingerprint density at radius 1 is 0.931 bits per heavy atom. The molecule has 4 rings (SSSR count). The van der Waals surface area contributed by atoms with Gasteiger partial charge < -0.3 is 9.47 Å². The maximum atomic E-state index is 11.9. The van der Waals surface area contributed by atoms with Gasteiger partial charge >= 0.3 is 5.97 Å². The molecule has 0 radical (unpaired) electrons. The van der Waals surface area contributed by atoms with Gasteiger partial charge in [0.2, 0.25) is 0 Å². The summed E-state index contributed by atoms with van der Waals surface area (Å²) in [5, 5.41) is 0. The van der Waals surface area contributed by atoms with Crippen LogP contribution >= 0.6 is 0 Å². The Bertz CT molecular complexity index is 999. The maximum absolute atomic E-state index is 11.9. The molecule has 1 aliphatic carbocycles. The first-order chi connectivity index (χ1) is 13.5. The van der Waals surface area contributed by atoms with Gasteiger partial charge in [-0.15, -0.1) is 0 Å². The average molecular weight is 393 g/mol. The van der Waals surface area contributed by atoms with Crippen molar-refractivity contribution < 1.29 is 14.3 Å². The molecule has 154 valence electrons. The van der Waals surface area contributed by atoms with E-state index in [-0.39, 0.29) is 22.2 Å². The van der Waals surface area contributed by atoms with Gasteiger partial charge in [-0.25, -0.2) is 4.79 Å². The molecule has 1 heterocycles. The van der Waals surface area contributed by atoms with E-state index in [9.17, 15) is 4.79 Å². The SMILES string of the molecule is COC(=O)c1ccc2c(c1)OCC2(C)c1ccc2c(c1C)C(C)(C)CCC2(C)C. The minimum atomic E-state index is -0.334. The predicted octanol–water partition coefficient (Wildman–Crippen LogP) is 5.83. The van der Waals surface area contributed by atoms with Gasteiger partial charge in [-0.3, -0.25) is 0 Å². The van der Waals surface area contributed by atoms with Crippen molar-refractivity contribution in [1.29, 1.82) is 0 Å². The van der Waals surface area contributed by atoms with Crippen LogP contribution in [-0.2, 0) is 21.0 Å². The first kappa shape index (κ1) is 20.0. The molecule has 0 saturated carbocycles. The van der Waals surface area contributed by atoms with E-state index in [1.807, 2.05) is 18.2 Å². The number of fused-ring (bicyclic) bond motifs is 2. The number of carbonyl (C=O) groups is 1. The maximum Gasteiger partial charge on any atom is 0.337 e. The zero-order valence-electron chi connectivity index (χ0n) is 18.7. The average Bonchev–Trinajstić information content (AvgIpc) is 3.01. The molecule has 0 spiro atoms. The normalized spacial score (nSPS) is 23.7. The van der Waals surface area contributed by atoms with E-state index < -0.39 is 0 Å². The van der Waals surface area contributed by atoms with E-state index in [4.69, 9.17) is 9.47 Å². The highest BCUT2D eigenvalue weighted by Gasteiger charge is 2.43. The smallest absolute Gasteiger partial charge is 0.337 e. The second-order valence-electron chi connectivity index (χ2n) is 10.3. The summed E-state index contributed by atoms with van der Waals surface area (Å²) in [6.45, 7) is 14.6. The van der Waals surface area contributed by atoms with E-state index in [1.54, 1.807) is 0 Å². The Labute approximate surface area is 174 Å². The summed E-state index contributed by atoms with van der Waals surface area (Å²) in [5.74, 6) is 0.450. The van der Waals surface area contributed by atoms with Crippen LogP contribution < -0.4 is 4.74 Å². The molecule has 2 aromatic rings. The van der Waals surface area contributed by atoms with Gasteiger partial charge in [-0.05, 0) is 71.9 Å². The number of benzene rings is 2. The van der Waals surface area contributed by atoms with Crippen molar-refractivity contribution in [2.45, 2.75) is 70.6 Å². The van der Waals surface area contributed by atoms with E-state index in [2.05, 4.69) is 53.7 Å². The Morgan fingerprint density at radius 3 is 2.24 bits per heavy atom. The second-order valence-corrected chi connectivity index (χ2v) is 10.3. The number of methoxy groups -OCH3 is 1. The lowest BCUT2D eigenvalue weighted by Crippen LogP contribution is -2.36. The molecule has 3 heteroatoms. The van der Waals surface area contributed by atoms with Crippen LogP contribution in [0.2, 0.25) is 0 Å². The van der Waals surface area contributed by atoms with Crippen LogP contribution in [0.3, 0.4) is 0 Å². The molecule has 1 atom stereocenters. The van der Waals surface area contributed by atoms with Gasteiger partial charge in [0.1, 0.15) is 12.4 Å². The molecule has 1 unspecified atom stereocenters. The molecule has 2 aliphatic rings. The second kappa shape index (κ2) is 6.35. The van der Waals surface area contributed by atoms with Crippen LogP contribution in [0, 0.1) is 6.92 Å². The zero-order chi connectivity index (χ0) is 21.2. The summed E-state index contributed by atoms with van der Waals surface area (Å²) in [6, 6.07) is 10.3. The number of esters is 1. The van der Waals surface area contributed by atoms with Gasteiger partial charge in [-0.2, -0.15) is 0 Å². The molecule has 0 N–H and O–H groups in total. The van der Waals surface area contributed by atoms with Crippen LogP contribution in [0.25, 0.3) is 0 Å². The third kappa shape index (κ3) is 2.89. The highest BCUT2D eigenvalue weighted by Crippen LogP contribution is 2.51. The highest BCUT2D eigenvalue weighted by atomic mass is 16.5. The molecule has 3 nitrogen and oxygen atoms in total. The molecule has 0 bridgehead atoms. The molecule has 0 fully saturated rings. The van der Waals surface area contributed by atoms with E-state index >= 15 is 0 Å². The molecule has 1 aliphatic heterocycles. The number of ether oxygens (including phenoxy) is 2. The lowest BCUT2D eigenvalue weighted by molar-refractivity contribution is 0.0600. The fourth-order valence-corrected chi connectivity index (χ4v) is 5.50. The molecular formula is C26H32O3. The monoisotopic (exact) mass is 392 g/mol. The van der Waals surface area contributed by atoms with Crippen molar-refractivity contribution in [3.63, 3.8) is 0 Å². The van der Waals surface area contributed by atoms with Crippen molar-refractivity contribution >= 4 is 5.97 Å². The summed E-state index contributed by atoms with van der Waals surface area (Å²) in [5.41, 5.74) is 7.50. The van der Waals surface area contributed by atoms with Gasteiger partial charge in [0, 0.05) is 5.56 Å². The molecule has 2 aromatic carbocycles. The van der Waals surface area contributed by atoms with Crippen molar-refractivity contribution in [2.75, 3.05) is 13.7 Å². The summed E-state index contributed by atoms with van der Waals surface area (Å²) < 4.78 is 10.9. The van der Waals surface area contributed by atoms with Crippen LogP contribution in [0.5, 0.6) is 5.75 Å². The topological polar surface area (TPSA) is 35.5 Å². The van der Waals surface area contributed by atoms with Gasteiger partial charge in [0.15, 0.2) is 0 Å². The Morgan fingerprint density at radius 2 is 1.55 bits per heavy atom. The first-order valence-corrected chi connectivity index (χ1v) is 10.5. The summed E-state index contributed by atoms with van der Waals surface area (Å²) >= 11 is 0. The summed E-state index contributed by atoms with van der Waals surface area (Å²) in [6.07, 6.45) is 2.41. The van der Waals surface area contributed by atoms with Gasteiger partial charge in [-0.1, -0.05) is 45.9 Å². The summed E-state index contributed by atoms with van der Waals surface area (Å²) in [4.78, 5) is 11.9. The largest absolute Gasteiger partial charge is 0.492 e. The minimum Gasteiger partial charge on any atom is -0.492 e. The Kier molecular flexibility index (Phi) is 4.38. The van der Waals surface area contributed by atoms with Crippen molar-refractivity contribution in [3.8, 4) is 5.75 Å². The summed E-state index contributed by atoms with van der Waals surface area (Å²) in [7, 11) is 1.40. The molecule has 29 heavy (non-hydrogen) atoms. The van der Waals surface area contributed by atoms with E-state index in [1.165, 1.54) is 42.2 Å². The quantitative estimate of drug-likeness (QED) is 0.603. The number of rotatable bonds is 2. The van der Waals surface area contributed by atoms with Crippen LogP contribution in [0.4, 0.5) is 0 Å². The third-order valence-electron chi connectivity index (χ3n) is 7.35. The van der Waals surface area contributed by atoms with E-state index in [0.29, 0.717) is 12.2 Å². The number of hydrogen-bond donors (Lipinski definition) is 0.